The Kier molecular flexibility index (Phi) is 17.6. The highest BCUT2D eigenvalue weighted by molar-refractivity contribution is 5.93. The summed E-state index contributed by atoms with van der Waals surface area (Å²) in [6.07, 6.45) is 10.1. The van der Waals surface area contributed by atoms with Crippen LogP contribution >= 0.6 is 0 Å². The van der Waals surface area contributed by atoms with E-state index >= 15 is 0 Å². The molecule has 0 spiro atoms. The van der Waals surface area contributed by atoms with E-state index in [0.29, 0.717) is 12.2 Å². The Hall–Kier alpha value is -4.66. The molecule has 2 unspecified atom stereocenters. The van der Waals surface area contributed by atoms with Gasteiger partial charge in [0.15, 0.2) is 12.2 Å². The second kappa shape index (κ2) is 22.1. The summed E-state index contributed by atoms with van der Waals surface area (Å²) in [5.41, 5.74) is 2.47. The molecule has 0 aliphatic rings. The maximum absolute atomic E-state index is 12.8. The first kappa shape index (κ1) is 39.8. The zero-order chi connectivity index (χ0) is 36.1. The SMILES string of the molecule is CCCCCCCCCOc1ccc(-c2ccc(C(=O)Oc3ccc(C(=O)OC(C)C(=O)OC(C)C(=O)OCCCCCC)cc3)cc2)cc1. The summed E-state index contributed by atoms with van der Waals surface area (Å²) in [5, 5.41) is 0. The molecule has 0 aliphatic heterocycles. The predicted molar refractivity (Wildman–Crippen MR) is 192 cm³/mol. The molecule has 0 radical (unpaired) electrons. The molecule has 2 atom stereocenters. The van der Waals surface area contributed by atoms with Gasteiger partial charge in [0, 0.05) is 0 Å². The highest BCUT2D eigenvalue weighted by Crippen LogP contribution is 2.24. The van der Waals surface area contributed by atoms with E-state index in [1.807, 2.05) is 36.4 Å². The van der Waals surface area contributed by atoms with Gasteiger partial charge < -0.3 is 23.7 Å². The fraction of sp³-hybridized carbons (Fsp3) is 0.463. The van der Waals surface area contributed by atoms with E-state index in [4.69, 9.17) is 23.7 Å². The van der Waals surface area contributed by atoms with Crippen LogP contribution in [0.3, 0.4) is 0 Å². The number of unbranched alkanes of at least 4 members (excludes halogenated alkanes) is 9. The van der Waals surface area contributed by atoms with E-state index in [-0.39, 0.29) is 17.9 Å². The number of benzene rings is 3. The summed E-state index contributed by atoms with van der Waals surface area (Å²) >= 11 is 0. The van der Waals surface area contributed by atoms with Crippen molar-refractivity contribution in [2.24, 2.45) is 0 Å². The minimum absolute atomic E-state index is 0.141. The van der Waals surface area contributed by atoms with Gasteiger partial charge in [0.2, 0.25) is 0 Å². The number of carbonyl (C=O) groups excluding carboxylic acids is 4. The summed E-state index contributed by atoms with van der Waals surface area (Å²) in [6, 6.07) is 20.8. The largest absolute Gasteiger partial charge is 0.494 e. The van der Waals surface area contributed by atoms with Gasteiger partial charge in [-0.1, -0.05) is 95.9 Å². The van der Waals surface area contributed by atoms with E-state index in [0.717, 1.165) is 49.0 Å². The Morgan fingerprint density at radius 2 is 0.960 bits per heavy atom. The van der Waals surface area contributed by atoms with Crippen molar-refractivity contribution >= 4 is 23.9 Å². The second-order valence-electron chi connectivity index (χ2n) is 12.3. The minimum Gasteiger partial charge on any atom is -0.494 e. The van der Waals surface area contributed by atoms with Crippen molar-refractivity contribution in [3.8, 4) is 22.6 Å². The molecule has 0 fully saturated rings. The van der Waals surface area contributed by atoms with Crippen LogP contribution in [0.1, 0.15) is 119 Å². The average Bonchev–Trinajstić information content (AvgIpc) is 3.13. The highest BCUT2D eigenvalue weighted by atomic mass is 16.6. The Balaban J connectivity index is 1.41. The van der Waals surface area contributed by atoms with E-state index in [2.05, 4.69) is 13.8 Å². The van der Waals surface area contributed by atoms with Crippen LogP contribution in [-0.2, 0) is 23.8 Å². The monoisotopic (exact) mass is 688 g/mol. The topological polar surface area (TPSA) is 114 Å². The maximum Gasteiger partial charge on any atom is 0.348 e. The first-order valence-corrected chi connectivity index (χ1v) is 18.0. The molecule has 9 heteroatoms. The lowest BCUT2D eigenvalue weighted by Crippen LogP contribution is -2.33. The molecule has 3 aromatic carbocycles. The maximum atomic E-state index is 12.8. The van der Waals surface area contributed by atoms with E-state index < -0.39 is 36.1 Å². The summed E-state index contributed by atoms with van der Waals surface area (Å²) in [6.45, 7) is 8.05. The number of carbonyl (C=O) groups is 4. The molecule has 0 saturated carbocycles. The van der Waals surface area contributed by atoms with Crippen molar-refractivity contribution in [1.29, 1.82) is 0 Å². The van der Waals surface area contributed by atoms with Crippen LogP contribution in [0.4, 0.5) is 0 Å². The predicted octanol–water partition coefficient (Wildman–Crippen LogP) is 9.30. The zero-order valence-corrected chi connectivity index (χ0v) is 29.9. The van der Waals surface area contributed by atoms with Crippen LogP contribution < -0.4 is 9.47 Å². The first-order valence-electron chi connectivity index (χ1n) is 18.0. The van der Waals surface area contributed by atoms with E-state index in [9.17, 15) is 19.2 Å². The van der Waals surface area contributed by atoms with Gasteiger partial charge in [0.25, 0.3) is 0 Å². The Bertz CT molecular complexity index is 1460. The lowest BCUT2D eigenvalue weighted by Gasteiger charge is -2.16. The van der Waals surface area contributed by atoms with Crippen LogP contribution in [0, 0.1) is 0 Å². The average molecular weight is 689 g/mol. The molecular formula is C41H52O9. The van der Waals surface area contributed by atoms with Crippen molar-refractivity contribution in [3.05, 3.63) is 83.9 Å². The van der Waals surface area contributed by atoms with Gasteiger partial charge in [0.05, 0.1) is 24.3 Å². The summed E-state index contributed by atoms with van der Waals surface area (Å²) in [7, 11) is 0. The Morgan fingerprint density at radius 3 is 1.58 bits per heavy atom. The molecule has 0 aliphatic carbocycles. The Morgan fingerprint density at radius 1 is 0.500 bits per heavy atom. The standard InChI is InChI=1S/C41H52O9/c1-5-7-9-11-12-13-15-28-46-36-24-20-33(21-25-36)32-16-18-34(19-17-32)41(45)50-37-26-22-35(23-27-37)40(44)49-31(4)39(43)48-30(3)38(42)47-29-14-10-8-6-2/h16-27,30-31H,5-15,28-29H2,1-4H3. The third kappa shape index (κ3) is 14.1. The third-order valence-electron chi connectivity index (χ3n) is 8.11. The van der Waals surface area contributed by atoms with Crippen molar-refractivity contribution in [3.63, 3.8) is 0 Å². The van der Waals surface area contributed by atoms with E-state index in [1.54, 1.807) is 12.1 Å². The van der Waals surface area contributed by atoms with Gasteiger partial charge in [-0.3, -0.25) is 0 Å². The van der Waals surface area contributed by atoms with Gasteiger partial charge in [0.1, 0.15) is 11.5 Å². The van der Waals surface area contributed by atoms with Crippen molar-refractivity contribution < 1.29 is 42.9 Å². The normalized spacial score (nSPS) is 12.0. The third-order valence-corrected chi connectivity index (χ3v) is 8.11. The number of esters is 4. The summed E-state index contributed by atoms with van der Waals surface area (Å²) in [5.74, 6) is -1.78. The highest BCUT2D eigenvalue weighted by Gasteiger charge is 2.26. The van der Waals surface area contributed by atoms with Crippen LogP contribution in [0.25, 0.3) is 11.1 Å². The van der Waals surface area contributed by atoms with Gasteiger partial charge in [-0.2, -0.15) is 0 Å². The van der Waals surface area contributed by atoms with Crippen LogP contribution in [0.2, 0.25) is 0 Å². The molecule has 0 aromatic heterocycles. The van der Waals surface area contributed by atoms with Gasteiger partial charge >= 0.3 is 23.9 Å². The minimum atomic E-state index is -1.26. The molecule has 3 aromatic rings. The van der Waals surface area contributed by atoms with Crippen LogP contribution in [0.5, 0.6) is 11.5 Å². The van der Waals surface area contributed by atoms with Gasteiger partial charge in [-0.05, 0) is 86.3 Å². The first-order chi connectivity index (χ1) is 24.2. The number of hydrogen-bond donors (Lipinski definition) is 0. The molecular weight excluding hydrogens is 636 g/mol. The van der Waals surface area contributed by atoms with Crippen molar-refractivity contribution in [1.82, 2.24) is 0 Å². The second-order valence-corrected chi connectivity index (χ2v) is 12.3. The van der Waals surface area contributed by atoms with Gasteiger partial charge in [-0.15, -0.1) is 0 Å². The molecule has 270 valence electrons. The molecule has 0 N–H and O–H groups in total. The molecule has 0 bridgehead atoms. The summed E-state index contributed by atoms with van der Waals surface area (Å²) < 4.78 is 26.8. The fourth-order valence-corrected chi connectivity index (χ4v) is 5.03. The molecule has 9 nitrogen and oxygen atoms in total. The Labute approximate surface area is 296 Å². The smallest absolute Gasteiger partial charge is 0.348 e. The molecule has 3 rings (SSSR count). The lowest BCUT2D eigenvalue weighted by atomic mass is 10.0. The van der Waals surface area contributed by atoms with Gasteiger partial charge in [-0.25, -0.2) is 19.2 Å². The quantitative estimate of drug-likeness (QED) is 0.0441. The number of hydrogen-bond acceptors (Lipinski definition) is 9. The number of rotatable bonds is 22. The van der Waals surface area contributed by atoms with E-state index in [1.165, 1.54) is 76.6 Å². The summed E-state index contributed by atoms with van der Waals surface area (Å²) in [4.78, 5) is 49.8. The van der Waals surface area contributed by atoms with Crippen molar-refractivity contribution in [2.75, 3.05) is 13.2 Å². The van der Waals surface area contributed by atoms with Crippen LogP contribution in [-0.4, -0.2) is 49.3 Å². The lowest BCUT2D eigenvalue weighted by molar-refractivity contribution is -0.171. The number of ether oxygens (including phenoxy) is 5. The molecule has 50 heavy (non-hydrogen) atoms. The van der Waals surface area contributed by atoms with Crippen LogP contribution in [0.15, 0.2) is 72.8 Å². The van der Waals surface area contributed by atoms with Crippen molar-refractivity contribution in [2.45, 2.75) is 111 Å². The molecule has 0 saturated heterocycles. The molecule has 0 heterocycles. The fourth-order valence-electron chi connectivity index (χ4n) is 5.03. The zero-order valence-electron chi connectivity index (χ0n) is 29.9. The molecule has 0 amide bonds.